The van der Waals surface area contributed by atoms with Crippen LogP contribution >= 0.6 is 0 Å². The fourth-order valence-corrected chi connectivity index (χ4v) is 4.19. The van der Waals surface area contributed by atoms with Gasteiger partial charge in [-0.25, -0.2) is 9.78 Å². The number of nitrogens with one attached hydrogen (secondary N) is 3. The molecule has 2 amide bonds. The van der Waals surface area contributed by atoms with E-state index < -0.39 is 0 Å². The number of benzene rings is 2. The number of methoxy groups -OCH3 is 2. The molecule has 1 atom stereocenters. The van der Waals surface area contributed by atoms with E-state index in [1.54, 1.807) is 19.2 Å². The van der Waals surface area contributed by atoms with Gasteiger partial charge in [-0.15, -0.1) is 0 Å². The first-order valence-electron chi connectivity index (χ1n) is 11.1. The molecule has 9 heteroatoms. The Morgan fingerprint density at radius 2 is 1.91 bits per heavy atom. The van der Waals surface area contributed by atoms with Gasteiger partial charge >= 0.3 is 6.03 Å². The summed E-state index contributed by atoms with van der Waals surface area (Å²) in [5, 5.41) is 6.26. The largest absolute Gasteiger partial charge is 0.493 e. The summed E-state index contributed by atoms with van der Waals surface area (Å²) in [6, 6.07) is 12.6. The summed E-state index contributed by atoms with van der Waals surface area (Å²) in [5.41, 5.74) is 1.09. The maximum absolute atomic E-state index is 12.7. The number of hydrogen-bond donors (Lipinski definition) is 3. The highest BCUT2D eigenvalue weighted by atomic mass is 16.5. The molecule has 1 fully saturated rings. The van der Waals surface area contributed by atoms with Crippen LogP contribution in [0.15, 0.2) is 47.3 Å². The van der Waals surface area contributed by atoms with E-state index >= 15 is 0 Å². The van der Waals surface area contributed by atoms with Crippen LogP contribution in [-0.4, -0.2) is 54.2 Å². The van der Waals surface area contributed by atoms with Crippen LogP contribution in [0.25, 0.3) is 10.9 Å². The van der Waals surface area contributed by atoms with Gasteiger partial charge in [-0.1, -0.05) is 24.6 Å². The number of rotatable bonds is 7. The number of piperidine rings is 1. The number of para-hydroxylation sites is 1. The van der Waals surface area contributed by atoms with Gasteiger partial charge in [0.15, 0.2) is 11.5 Å². The lowest BCUT2D eigenvalue weighted by Gasteiger charge is -2.35. The third-order valence-corrected chi connectivity index (χ3v) is 5.89. The van der Waals surface area contributed by atoms with Crippen LogP contribution in [0.4, 0.5) is 10.5 Å². The van der Waals surface area contributed by atoms with Crippen LogP contribution in [0.5, 0.6) is 11.5 Å². The van der Waals surface area contributed by atoms with Crippen LogP contribution in [0.2, 0.25) is 0 Å². The lowest BCUT2D eigenvalue weighted by atomic mass is 10.0. The van der Waals surface area contributed by atoms with Crippen molar-refractivity contribution in [3.8, 4) is 11.5 Å². The van der Waals surface area contributed by atoms with Crippen LogP contribution in [0.3, 0.4) is 0 Å². The second kappa shape index (κ2) is 10.4. The number of fused-ring (bicyclic) bond motifs is 1. The number of carbonyl (C=O) groups excluding carboxylic acids is 1. The van der Waals surface area contributed by atoms with Gasteiger partial charge in [-0.3, -0.25) is 9.69 Å². The van der Waals surface area contributed by atoms with Crippen molar-refractivity contribution >= 4 is 22.6 Å². The molecule has 1 saturated heterocycles. The molecule has 33 heavy (non-hydrogen) atoms. The molecular formula is C24H29N5O4. The number of ether oxygens (including phenoxy) is 2. The summed E-state index contributed by atoms with van der Waals surface area (Å²) in [6.07, 6.45) is 3.13. The van der Waals surface area contributed by atoms with Gasteiger partial charge in [0, 0.05) is 24.3 Å². The molecular weight excluding hydrogens is 422 g/mol. The van der Waals surface area contributed by atoms with E-state index in [1.807, 2.05) is 30.3 Å². The zero-order valence-corrected chi connectivity index (χ0v) is 18.9. The predicted molar refractivity (Wildman–Crippen MR) is 127 cm³/mol. The van der Waals surface area contributed by atoms with Crippen molar-refractivity contribution in [2.45, 2.75) is 31.8 Å². The quantitative estimate of drug-likeness (QED) is 0.509. The Labute approximate surface area is 192 Å². The highest BCUT2D eigenvalue weighted by Crippen LogP contribution is 2.30. The Hall–Kier alpha value is -3.59. The smallest absolute Gasteiger partial charge is 0.319 e. The van der Waals surface area contributed by atoms with Crippen molar-refractivity contribution in [3.63, 3.8) is 0 Å². The highest BCUT2D eigenvalue weighted by Gasteiger charge is 2.24. The van der Waals surface area contributed by atoms with Crippen LogP contribution in [0.1, 0.15) is 25.1 Å². The molecule has 0 unspecified atom stereocenters. The number of urea groups is 1. The highest BCUT2D eigenvalue weighted by molar-refractivity contribution is 5.89. The summed E-state index contributed by atoms with van der Waals surface area (Å²) in [4.78, 5) is 34.8. The maximum atomic E-state index is 12.7. The van der Waals surface area contributed by atoms with Gasteiger partial charge in [-0.2, -0.15) is 0 Å². The summed E-state index contributed by atoms with van der Waals surface area (Å²) in [7, 11) is 3.08. The van der Waals surface area contributed by atoms with Crippen LogP contribution < -0.4 is 25.7 Å². The Kier molecular flexibility index (Phi) is 7.09. The average Bonchev–Trinajstić information content (AvgIpc) is 2.83. The molecule has 0 radical (unpaired) electrons. The number of amides is 2. The number of aromatic nitrogens is 2. The zero-order chi connectivity index (χ0) is 23.2. The zero-order valence-electron chi connectivity index (χ0n) is 18.9. The Balaban J connectivity index is 1.46. The molecule has 2 aromatic carbocycles. The fourth-order valence-electron chi connectivity index (χ4n) is 4.19. The molecule has 3 aromatic rings. The van der Waals surface area contributed by atoms with Gasteiger partial charge in [0.2, 0.25) is 0 Å². The van der Waals surface area contributed by atoms with Crippen molar-refractivity contribution in [2.75, 3.05) is 32.6 Å². The summed E-state index contributed by atoms with van der Waals surface area (Å²) >= 11 is 0. The molecule has 4 rings (SSSR count). The first-order valence-corrected chi connectivity index (χ1v) is 11.1. The minimum atomic E-state index is -0.231. The molecule has 0 saturated carbocycles. The Morgan fingerprint density at radius 1 is 1.15 bits per heavy atom. The molecule has 2 heterocycles. The summed E-state index contributed by atoms with van der Waals surface area (Å²) in [6.45, 7) is 1.88. The lowest BCUT2D eigenvalue weighted by Crippen LogP contribution is -2.47. The number of likely N-dealkylation sites (tertiary alicyclic amines) is 1. The van der Waals surface area contributed by atoms with E-state index in [0.29, 0.717) is 41.3 Å². The van der Waals surface area contributed by atoms with Crippen molar-refractivity contribution in [1.82, 2.24) is 20.2 Å². The summed E-state index contributed by atoms with van der Waals surface area (Å²) in [5.74, 6) is 1.60. The van der Waals surface area contributed by atoms with E-state index in [0.717, 1.165) is 31.5 Å². The standard InChI is InChI=1S/C24H29N5O4/c1-32-20-12-18-19(13-21(20)33-2)27-22(28-23(18)30)15-29-11-7-6-10-17(29)14-25-24(31)26-16-8-4-3-5-9-16/h3-5,8-9,12-13,17H,6-7,10-11,14-15H2,1-2H3,(H2,25,26,31)(H,27,28,30)/t17-/m0/s1. The minimum absolute atomic E-state index is 0.159. The number of hydrogen-bond acceptors (Lipinski definition) is 6. The number of anilines is 1. The van der Waals surface area contributed by atoms with E-state index in [4.69, 9.17) is 9.47 Å². The molecule has 9 nitrogen and oxygen atoms in total. The minimum Gasteiger partial charge on any atom is -0.493 e. The first kappa shape index (κ1) is 22.6. The summed E-state index contributed by atoms with van der Waals surface area (Å²) < 4.78 is 10.6. The van der Waals surface area contributed by atoms with Crippen molar-refractivity contribution in [2.24, 2.45) is 0 Å². The van der Waals surface area contributed by atoms with Gasteiger partial charge in [0.1, 0.15) is 5.82 Å². The fraction of sp³-hybridized carbons (Fsp3) is 0.375. The van der Waals surface area contributed by atoms with Gasteiger partial charge < -0.3 is 25.1 Å². The molecule has 1 aliphatic rings. The van der Waals surface area contributed by atoms with E-state index in [-0.39, 0.29) is 17.6 Å². The van der Waals surface area contributed by atoms with Gasteiger partial charge in [0.05, 0.1) is 31.7 Å². The topological polar surface area (TPSA) is 109 Å². The van der Waals surface area contributed by atoms with Gasteiger partial charge in [0.25, 0.3) is 5.56 Å². The number of H-pyrrole nitrogens is 1. The molecule has 0 bridgehead atoms. The van der Waals surface area contributed by atoms with Crippen molar-refractivity contribution in [1.29, 1.82) is 0 Å². The average molecular weight is 452 g/mol. The number of nitrogens with zero attached hydrogens (tertiary/aromatic N) is 2. The van der Waals surface area contributed by atoms with E-state index in [9.17, 15) is 9.59 Å². The lowest BCUT2D eigenvalue weighted by molar-refractivity contribution is 0.135. The molecule has 0 aliphatic carbocycles. The molecule has 1 aromatic heterocycles. The Morgan fingerprint density at radius 3 is 2.67 bits per heavy atom. The SMILES string of the molecule is COc1cc2nc(CN3CCCC[C@H]3CNC(=O)Nc3ccccc3)[nH]c(=O)c2cc1OC. The predicted octanol–water partition coefficient (Wildman–Crippen LogP) is 3.12. The first-order chi connectivity index (χ1) is 16.1. The third kappa shape index (κ3) is 5.43. The van der Waals surface area contributed by atoms with Gasteiger partial charge in [-0.05, 0) is 37.6 Å². The number of aromatic amines is 1. The van der Waals surface area contributed by atoms with E-state index in [2.05, 4.69) is 25.5 Å². The number of carbonyl (C=O) groups is 1. The van der Waals surface area contributed by atoms with Crippen molar-refractivity contribution < 1.29 is 14.3 Å². The van der Waals surface area contributed by atoms with Crippen LogP contribution in [0, 0.1) is 0 Å². The third-order valence-electron chi connectivity index (χ3n) is 5.89. The second-order valence-electron chi connectivity index (χ2n) is 8.06. The monoisotopic (exact) mass is 451 g/mol. The maximum Gasteiger partial charge on any atom is 0.319 e. The normalized spacial score (nSPS) is 16.4. The molecule has 174 valence electrons. The molecule has 0 spiro atoms. The van der Waals surface area contributed by atoms with E-state index in [1.165, 1.54) is 7.11 Å². The Bertz CT molecular complexity index is 1160. The molecule has 3 N–H and O–H groups in total. The second-order valence-corrected chi connectivity index (χ2v) is 8.06. The van der Waals surface area contributed by atoms with Crippen molar-refractivity contribution in [3.05, 3.63) is 58.6 Å². The molecule has 1 aliphatic heterocycles. The van der Waals surface area contributed by atoms with Crippen LogP contribution in [-0.2, 0) is 6.54 Å².